The van der Waals surface area contributed by atoms with Gasteiger partial charge in [-0.1, -0.05) is 39.8 Å². The molecule has 0 aromatic heterocycles. The molecule has 1 aliphatic rings. The summed E-state index contributed by atoms with van der Waals surface area (Å²) in [5.74, 6) is 1.01. The molecule has 0 aliphatic carbocycles. The van der Waals surface area contributed by atoms with Gasteiger partial charge in [0.15, 0.2) is 0 Å². The lowest BCUT2D eigenvalue weighted by Crippen LogP contribution is -2.52. The summed E-state index contributed by atoms with van der Waals surface area (Å²) in [6, 6.07) is 8.41. The molecule has 0 unspecified atom stereocenters. The van der Waals surface area contributed by atoms with E-state index in [0.29, 0.717) is 0 Å². The van der Waals surface area contributed by atoms with Crippen molar-refractivity contribution in [3.8, 4) is 5.75 Å². The summed E-state index contributed by atoms with van der Waals surface area (Å²) < 4.78 is 6.08. The maximum Gasteiger partial charge on any atom is 0.142 e. The molecule has 0 spiro atoms. The summed E-state index contributed by atoms with van der Waals surface area (Å²) in [6.07, 6.45) is 1.17. The largest absolute Gasteiger partial charge is 0.491 e. The molecular weight excluding hydrogens is 274 g/mol. The third kappa shape index (κ3) is 5.18. The zero-order valence-corrected chi connectivity index (χ0v) is 14.6. The van der Waals surface area contributed by atoms with Crippen LogP contribution in [0.5, 0.6) is 5.75 Å². The first-order valence-electron chi connectivity index (χ1n) is 8.45. The van der Waals surface area contributed by atoms with Gasteiger partial charge in [-0.3, -0.25) is 5.43 Å². The Bertz CT molecular complexity index is 448. The van der Waals surface area contributed by atoms with Gasteiger partial charge in [0.2, 0.25) is 0 Å². The number of nitrogens with one attached hydrogen (secondary N) is 1. The molecule has 0 radical (unpaired) electrons. The molecule has 0 bridgehead atoms. The molecule has 0 saturated carbocycles. The summed E-state index contributed by atoms with van der Waals surface area (Å²) in [5.41, 5.74) is 4.88. The summed E-state index contributed by atoms with van der Waals surface area (Å²) in [7, 11) is 0. The number of hydrogen-bond acceptors (Lipinski definition) is 4. The van der Waals surface area contributed by atoms with Crippen LogP contribution in [-0.4, -0.2) is 44.3 Å². The summed E-state index contributed by atoms with van der Waals surface area (Å²) in [5, 5.41) is 2.33. The van der Waals surface area contributed by atoms with Gasteiger partial charge in [-0.15, -0.1) is 0 Å². The second-order valence-corrected chi connectivity index (χ2v) is 7.20. The van der Waals surface area contributed by atoms with E-state index in [1.807, 2.05) is 0 Å². The molecule has 1 N–H and O–H groups in total. The number of anilines is 1. The minimum atomic E-state index is 0.176. The monoisotopic (exact) mass is 305 g/mol. The molecule has 4 nitrogen and oxygen atoms in total. The van der Waals surface area contributed by atoms with Crippen LogP contribution < -0.4 is 15.1 Å². The molecular formula is C18H31N3O. The Morgan fingerprint density at radius 1 is 1.09 bits per heavy atom. The molecule has 1 aliphatic heterocycles. The number of ether oxygens (including phenoxy) is 1. The zero-order valence-electron chi connectivity index (χ0n) is 14.6. The predicted molar refractivity (Wildman–Crippen MR) is 93.5 cm³/mol. The van der Waals surface area contributed by atoms with Gasteiger partial charge in [0, 0.05) is 32.7 Å². The van der Waals surface area contributed by atoms with Crippen molar-refractivity contribution in [1.82, 2.24) is 10.4 Å². The van der Waals surface area contributed by atoms with E-state index in [-0.39, 0.29) is 5.41 Å². The van der Waals surface area contributed by atoms with Crippen molar-refractivity contribution < 1.29 is 4.74 Å². The normalized spacial score (nSPS) is 16.8. The maximum atomic E-state index is 6.08. The first kappa shape index (κ1) is 17.1. The SMILES string of the molecule is CCCNN1CCN(c2ccccc2OCC(C)(C)C)CC1. The fourth-order valence-corrected chi connectivity index (χ4v) is 2.51. The van der Waals surface area contributed by atoms with Crippen LogP contribution in [0.1, 0.15) is 34.1 Å². The van der Waals surface area contributed by atoms with E-state index in [2.05, 4.69) is 67.3 Å². The Labute approximate surface area is 135 Å². The van der Waals surface area contributed by atoms with Crippen molar-refractivity contribution in [1.29, 1.82) is 0 Å². The molecule has 1 aromatic rings. The number of hydrazine groups is 1. The molecule has 22 heavy (non-hydrogen) atoms. The van der Waals surface area contributed by atoms with Crippen molar-refractivity contribution in [2.24, 2.45) is 5.41 Å². The number of nitrogens with zero attached hydrogens (tertiary/aromatic N) is 2. The topological polar surface area (TPSA) is 27.7 Å². The van der Waals surface area contributed by atoms with Gasteiger partial charge in [-0.25, -0.2) is 5.01 Å². The lowest BCUT2D eigenvalue weighted by molar-refractivity contribution is 0.175. The van der Waals surface area contributed by atoms with Crippen LogP contribution in [0, 0.1) is 5.41 Å². The second kappa shape index (κ2) is 7.84. The van der Waals surface area contributed by atoms with E-state index in [1.165, 1.54) is 12.1 Å². The van der Waals surface area contributed by atoms with Gasteiger partial charge >= 0.3 is 0 Å². The third-order valence-electron chi connectivity index (χ3n) is 3.73. The number of rotatable bonds is 6. The van der Waals surface area contributed by atoms with E-state index in [1.54, 1.807) is 0 Å². The fraction of sp³-hybridized carbons (Fsp3) is 0.667. The molecule has 2 rings (SSSR count). The quantitative estimate of drug-likeness (QED) is 0.874. The van der Waals surface area contributed by atoms with Crippen molar-refractivity contribution >= 4 is 5.69 Å². The van der Waals surface area contributed by atoms with Crippen molar-refractivity contribution in [2.75, 3.05) is 44.2 Å². The lowest BCUT2D eigenvalue weighted by Gasteiger charge is -2.37. The van der Waals surface area contributed by atoms with Crippen LogP contribution in [-0.2, 0) is 0 Å². The molecule has 1 heterocycles. The van der Waals surface area contributed by atoms with E-state index < -0.39 is 0 Å². The zero-order chi connectivity index (χ0) is 16.0. The minimum absolute atomic E-state index is 0.176. The Hall–Kier alpha value is -1.26. The predicted octanol–water partition coefficient (Wildman–Crippen LogP) is 3.15. The molecule has 0 amide bonds. The Kier molecular flexibility index (Phi) is 6.09. The maximum absolute atomic E-state index is 6.08. The first-order valence-corrected chi connectivity index (χ1v) is 8.45. The second-order valence-electron chi connectivity index (χ2n) is 7.20. The molecule has 1 saturated heterocycles. The third-order valence-corrected chi connectivity index (χ3v) is 3.73. The Morgan fingerprint density at radius 2 is 1.77 bits per heavy atom. The standard InChI is InChI=1S/C18H31N3O/c1-5-10-19-21-13-11-20(12-14-21)16-8-6-7-9-17(16)22-15-18(2,3)4/h6-9,19H,5,10-15H2,1-4H3. The highest BCUT2D eigenvalue weighted by molar-refractivity contribution is 5.58. The van der Waals surface area contributed by atoms with Crippen LogP contribution in [0.25, 0.3) is 0 Å². The van der Waals surface area contributed by atoms with Crippen molar-refractivity contribution in [3.05, 3.63) is 24.3 Å². The molecule has 4 heteroatoms. The fourth-order valence-electron chi connectivity index (χ4n) is 2.51. The Balaban J connectivity index is 1.95. The average Bonchev–Trinajstić information content (AvgIpc) is 2.51. The summed E-state index contributed by atoms with van der Waals surface area (Å²) in [4.78, 5) is 2.43. The van der Waals surface area contributed by atoms with Crippen molar-refractivity contribution in [3.63, 3.8) is 0 Å². The smallest absolute Gasteiger partial charge is 0.142 e. The van der Waals surface area contributed by atoms with E-state index in [4.69, 9.17) is 4.74 Å². The molecule has 1 fully saturated rings. The highest BCUT2D eigenvalue weighted by Gasteiger charge is 2.20. The summed E-state index contributed by atoms with van der Waals surface area (Å²) in [6.45, 7) is 14.8. The highest BCUT2D eigenvalue weighted by Crippen LogP contribution is 2.30. The minimum Gasteiger partial charge on any atom is -0.491 e. The number of para-hydroxylation sites is 2. The first-order chi connectivity index (χ1) is 10.5. The average molecular weight is 305 g/mol. The van der Waals surface area contributed by atoms with Gasteiger partial charge in [0.05, 0.1) is 12.3 Å². The van der Waals surface area contributed by atoms with Crippen LogP contribution >= 0.6 is 0 Å². The van der Waals surface area contributed by atoms with Crippen LogP contribution in [0.3, 0.4) is 0 Å². The molecule has 0 atom stereocenters. The van der Waals surface area contributed by atoms with Crippen LogP contribution in [0.15, 0.2) is 24.3 Å². The van der Waals surface area contributed by atoms with E-state index in [9.17, 15) is 0 Å². The van der Waals surface area contributed by atoms with E-state index in [0.717, 1.165) is 45.1 Å². The van der Waals surface area contributed by atoms with Crippen LogP contribution in [0.2, 0.25) is 0 Å². The molecule has 1 aromatic carbocycles. The number of piperazine rings is 1. The van der Waals surface area contributed by atoms with Gasteiger partial charge < -0.3 is 9.64 Å². The Morgan fingerprint density at radius 3 is 2.41 bits per heavy atom. The highest BCUT2D eigenvalue weighted by atomic mass is 16.5. The van der Waals surface area contributed by atoms with Gasteiger partial charge in [0.1, 0.15) is 5.75 Å². The lowest BCUT2D eigenvalue weighted by atomic mass is 9.99. The van der Waals surface area contributed by atoms with Gasteiger partial charge in [-0.05, 0) is 24.0 Å². The van der Waals surface area contributed by atoms with Crippen LogP contribution in [0.4, 0.5) is 5.69 Å². The van der Waals surface area contributed by atoms with Gasteiger partial charge in [0.25, 0.3) is 0 Å². The van der Waals surface area contributed by atoms with Gasteiger partial charge in [-0.2, -0.15) is 0 Å². The number of hydrogen-bond donors (Lipinski definition) is 1. The summed E-state index contributed by atoms with van der Waals surface area (Å²) >= 11 is 0. The number of benzene rings is 1. The van der Waals surface area contributed by atoms with E-state index >= 15 is 0 Å². The molecule has 124 valence electrons. The van der Waals surface area contributed by atoms with Crippen molar-refractivity contribution in [2.45, 2.75) is 34.1 Å².